The van der Waals surface area contributed by atoms with Crippen molar-refractivity contribution < 1.29 is 9.90 Å². The van der Waals surface area contributed by atoms with E-state index in [4.69, 9.17) is 0 Å². The zero-order valence-corrected chi connectivity index (χ0v) is 12.3. The van der Waals surface area contributed by atoms with Crippen LogP contribution in [0.15, 0.2) is 0 Å². The minimum Gasteiger partial charge on any atom is -0.393 e. The number of amides is 1. The van der Waals surface area contributed by atoms with Crippen LogP contribution in [-0.2, 0) is 4.79 Å². The summed E-state index contributed by atoms with van der Waals surface area (Å²) in [6, 6.07) is 2.39. The molecular formula is C15H25N3O2. The Bertz CT molecular complexity index is 377. The van der Waals surface area contributed by atoms with Gasteiger partial charge >= 0.3 is 0 Å². The molecule has 1 heterocycles. The first kappa shape index (κ1) is 15.3. The van der Waals surface area contributed by atoms with E-state index in [1.807, 2.05) is 0 Å². The molecule has 5 nitrogen and oxygen atoms in total. The Balaban J connectivity index is 1.92. The van der Waals surface area contributed by atoms with Gasteiger partial charge in [-0.15, -0.1) is 0 Å². The van der Waals surface area contributed by atoms with Crippen LogP contribution in [0.3, 0.4) is 0 Å². The SMILES string of the molecule is CN(C(=O)CN1CCC(O)CC1)C1(C#N)CCCCC1. The number of hydrogen-bond donors (Lipinski definition) is 1. The van der Waals surface area contributed by atoms with Gasteiger partial charge in [0.05, 0.1) is 18.7 Å². The zero-order chi connectivity index (χ0) is 14.6. The number of nitrogens with zero attached hydrogens (tertiary/aromatic N) is 3. The first-order valence-corrected chi connectivity index (χ1v) is 7.66. The molecule has 0 bridgehead atoms. The molecule has 1 aliphatic heterocycles. The molecule has 0 aromatic rings. The number of carbonyl (C=O) groups excluding carboxylic acids is 1. The van der Waals surface area contributed by atoms with Gasteiger partial charge in [-0.1, -0.05) is 19.3 Å². The summed E-state index contributed by atoms with van der Waals surface area (Å²) in [5, 5.41) is 19.0. The van der Waals surface area contributed by atoms with E-state index in [1.54, 1.807) is 11.9 Å². The highest BCUT2D eigenvalue weighted by Crippen LogP contribution is 2.32. The van der Waals surface area contributed by atoms with Crippen molar-refractivity contribution in [1.29, 1.82) is 5.26 Å². The van der Waals surface area contributed by atoms with E-state index in [0.29, 0.717) is 6.54 Å². The Morgan fingerprint density at radius 1 is 1.35 bits per heavy atom. The van der Waals surface area contributed by atoms with Gasteiger partial charge in [0, 0.05) is 20.1 Å². The van der Waals surface area contributed by atoms with Gasteiger partial charge in [-0.05, 0) is 25.7 Å². The van der Waals surface area contributed by atoms with Gasteiger partial charge in [-0.3, -0.25) is 9.69 Å². The molecule has 0 aromatic heterocycles. The van der Waals surface area contributed by atoms with E-state index in [2.05, 4.69) is 11.0 Å². The summed E-state index contributed by atoms with van der Waals surface area (Å²) in [6.45, 7) is 1.90. The molecular weight excluding hydrogens is 254 g/mol. The van der Waals surface area contributed by atoms with E-state index >= 15 is 0 Å². The summed E-state index contributed by atoms with van der Waals surface area (Å²) in [4.78, 5) is 16.2. The Kier molecular flexibility index (Phi) is 5.00. The van der Waals surface area contributed by atoms with Crippen LogP contribution in [0.25, 0.3) is 0 Å². The van der Waals surface area contributed by atoms with Crippen molar-refractivity contribution in [1.82, 2.24) is 9.80 Å². The molecule has 1 saturated heterocycles. The summed E-state index contributed by atoms with van der Waals surface area (Å²) < 4.78 is 0. The minimum absolute atomic E-state index is 0.0323. The predicted molar refractivity (Wildman–Crippen MR) is 75.9 cm³/mol. The summed E-state index contributed by atoms with van der Waals surface area (Å²) in [6.07, 6.45) is 6.07. The van der Waals surface area contributed by atoms with Gasteiger partial charge < -0.3 is 10.0 Å². The highest BCUT2D eigenvalue weighted by atomic mass is 16.3. The molecule has 2 aliphatic rings. The van der Waals surface area contributed by atoms with Gasteiger partial charge in [-0.2, -0.15) is 5.26 Å². The highest BCUT2D eigenvalue weighted by molar-refractivity contribution is 5.79. The number of aliphatic hydroxyl groups is 1. The number of nitriles is 1. The molecule has 1 N–H and O–H groups in total. The summed E-state index contributed by atoms with van der Waals surface area (Å²) in [7, 11) is 1.77. The van der Waals surface area contributed by atoms with E-state index < -0.39 is 5.54 Å². The summed E-state index contributed by atoms with van der Waals surface area (Å²) >= 11 is 0. The predicted octanol–water partition coefficient (Wildman–Crippen LogP) is 1.13. The molecule has 1 saturated carbocycles. The lowest BCUT2D eigenvalue weighted by molar-refractivity contribution is -0.136. The first-order valence-electron chi connectivity index (χ1n) is 7.66. The normalized spacial score (nSPS) is 24.1. The number of carbonyl (C=O) groups is 1. The van der Waals surface area contributed by atoms with Gasteiger partial charge in [0.1, 0.15) is 5.54 Å². The van der Waals surface area contributed by atoms with Crippen LogP contribution in [0.2, 0.25) is 0 Å². The number of rotatable bonds is 3. The zero-order valence-electron chi connectivity index (χ0n) is 12.3. The maximum Gasteiger partial charge on any atom is 0.237 e. The second-order valence-corrected chi connectivity index (χ2v) is 6.16. The Labute approximate surface area is 121 Å². The summed E-state index contributed by atoms with van der Waals surface area (Å²) in [5.41, 5.74) is -0.593. The van der Waals surface area contributed by atoms with Crippen LogP contribution < -0.4 is 0 Å². The topological polar surface area (TPSA) is 67.6 Å². The first-order chi connectivity index (χ1) is 9.57. The maximum atomic E-state index is 12.4. The average Bonchev–Trinajstić information content (AvgIpc) is 2.49. The van der Waals surface area contributed by atoms with Crippen molar-refractivity contribution in [3.63, 3.8) is 0 Å². The lowest BCUT2D eigenvalue weighted by atomic mass is 9.81. The van der Waals surface area contributed by atoms with Gasteiger partial charge in [0.15, 0.2) is 0 Å². The van der Waals surface area contributed by atoms with Crippen LogP contribution in [0.5, 0.6) is 0 Å². The number of piperidine rings is 1. The van der Waals surface area contributed by atoms with Crippen LogP contribution in [-0.4, -0.2) is 59.1 Å². The lowest BCUT2D eigenvalue weighted by Crippen LogP contribution is -2.53. The molecule has 2 fully saturated rings. The van der Waals surface area contributed by atoms with Gasteiger partial charge in [0.25, 0.3) is 0 Å². The third-order valence-electron chi connectivity index (χ3n) is 4.82. The van der Waals surface area contributed by atoms with Crippen LogP contribution in [0.1, 0.15) is 44.9 Å². The molecule has 20 heavy (non-hydrogen) atoms. The standard InChI is InChI=1S/C15H25N3O2/c1-17(15(12-16)7-3-2-4-8-15)14(20)11-18-9-5-13(19)6-10-18/h13,19H,2-11H2,1H3. The third-order valence-corrected chi connectivity index (χ3v) is 4.82. The number of aliphatic hydroxyl groups excluding tert-OH is 1. The number of likely N-dealkylation sites (tertiary alicyclic amines) is 1. The van der Waals surface area contributed by atoms with Crippen molar-refractivity contribution in [2.24, 2.45) is 0 Å². The van der Waals surface area contributed by atoms with Crippen LogP contribution in [0, 0.1) is 11.3 Å². The molecule has 0 atom stereocenters. The van der Waals surface area contributed by atoms with Crippen LogP contribution >= 0.6 is 0 Å². The number of hydrogen-bond acceptors (Lipinski definition) is 4. The highest BCUT2D eigenvalue weighted by Gasteiger charge is 2.39. The average molecular weight is 279 g/mol. The van der Waals surface area contributed by atoms with E-state index in [-0.39, 0.29) is 12.0 Å². The van der Waals surface area contributed by atoms with Crippen molar-refractivity contribution >= 4 is 5.91 Å². The van der Waals surface area contributed by atoms with Crippen molar-refractivity contribution in [3.05, 3.63) is 0 Å². The minimum atomic E-state index is -0.593. The smallest absolute Gasteiger partial charge is 0.237 e. The Morgan fingerprint density at radius 3 is 2.50 bits per heavy atom. The fraction of sp³-hybridized carbons (Fsp3) is 0.867. The largest absolute Gasteiger partial charge is 0.393 e. The molecule has 2 rings (SSSR count). The molecule has 1 aliphatic carbocycles. The third kappa shape index (κ3) is 3.31. The van der Waals surface area contributed by atoms with Crippen molar-refractivity contribution in [2.75, 3.05) is 26.7 Å². The van der Waals surface area contributed by atoms with E-state index in [0.717, 1.165) is 58.0 Å². The summed E-state index contributed by atoms with van der Waals surface area (Å²) in [5.74, 6) is 0.0323. The van der Waals surface area contributed by atoms with Crippen molar-refractivity contribution in [3.8, 4) is 6.07 Å². The maximum absolute atomic E-state index is 12.4. The van der Waals surface area contributed by atoms with Crippen molar-refractivity contribution in [2.45, 2.75) is 56.6 Å². The molecule has 112 valence electrons. The Hall–Kier alpha value is -1.12. The second-order valence-electron chi connectivity index (χ2n) is 6.16. The lowest BCUT2D eigenvalue weighted by Gasteiger charge is -2.40. The molecule has 0 radical (unpaired) electrons. The molecule has 0 aromatic carbocycles. The second kappa shape index (κ2) is 6.55. The molecule has 0 spiro atoms. The van der Waals surface area contributed by atoms with Crippen LogP contribution in [0.4, 0.5) is 0 Å². The quantitative estimate of drug-likeness (QED) is 0.841. The van der Waals surface area contributed by atoms with E-state index in [9.17, 15) is 15.2 Å². The number of likely N-dealkylation sites (N-methyl/N-ethyl adjacent to an activating group) is 1. The monoisotopic (exact) mass is 279 g/mol. The molecule has 0 unspecified atom stereocenters. The fourth-order valence-corrected chi connectivity index (χ4v) is 3.27. The Morgan fingerprint density at radius 2 is 1.95 bits per heavy atom. The molecule has 5 heteroatoms. The van der Waals surface area contributed by atoms with E-state index in [1.165, 1.54) is 0 Å². The van der Waals surface area contributed by atoms with Gasteiger partial charge in [-0.25, -0.2) is 0 Å². The molecule has 1 amide bonds. The fourth-order valence-electron chi connectivity index (χ4n) is 3.27. The van der Waals surface area contributed by atoms with Gasteiger partial charge in [0.2, 0.25) is 5.91 Å².